The van der Waals surface area contributed by atoms with Crippen LogP contribution in [0.1, 0.15) is 10.4 Å². The minimum Gasteiger partial charge on any atom is -0.383 e. The van der Waals surface area contributed by atoms with Crippen molar-refractivity contribution in [1.29, 1.82) is 0 Å². The maximum Gasteiger partial charge on any atom is 0.188 e. The zero-order valence-corrected chi connectivity index (χ0v) is 8.82. The lowest BCUT2D eigenvalue weighted by molar-refractivity contribution is 0.104. The third kappa shape index (κ3) is 3.18. The number of halogens is 1. The molecule has 4 heteroatoms. The van der Waals surface area contributed by atoms with Gasteiger partial charge in [-0.15, -0.1) is 0 Å². The summed E-state index contributed by atoms with van der Waals surface area (Å²) in [4.78, 5) is 17.1. The van der Waals surface area contributed by atoms with E-state index in [1.54, 1.807) is 17.2 Å². The quantitative estimate of drug-likeness (QED) is 0.565. The van der Waals surface area contributed by atoms with Gasteiger partial charge in [0.05, 0.1) is 5.02 Å². The Balaban J connectivity index is 2.80. The van der Waals surface area contributed by atoms with Crippen LogP contribution in [0.2, 0.25) is 5.02 Å². The van der Waals surface area contributed by atoms with E-state index < -0.39 is 0 Å². The Morgan fingerprint density at radius 3 is 2.79 bits per heavy atom. The van der Waals surface area contributed by atoms with Crippen LogP contribution in [0.25, 0.3) is 0 Å². The lowest BCUT2D eigenvalue weighted by Crippen LogP contribution is -2.03. The Morgan fingerprint density at radius 2 is 2.21 bits per heavy atom. The molecule has 14 heavy (non-hydrogen) atoms. The van der Waals surface area contributed by atoms with Gasteiger partial charge < -0.3 is 4.90 Å². The molecule has 0 spiro atoms. The molecule has 0 N–H and O–H groups in total. The van der Waals surface area contributed by atoms with Crippen molar-refractivity contribution in [1.82, 2.24) is 9.88 Å². The third-order valence-electron chi connectivity index (χ3n) is 1.51. The molecule has 0 fully saturated rings. The summed E-state index contributed by atoms with van der Waals surface area (Å²) in [5, 5.41) is 0.467. The van der Waals surface area contributed by atoms with Gasteiger partial charge in [0.1, 0.15) is 0 Å². The van der Waals surface area contributed by atoms with E-state index in [4.69, 9.17) is 11.6 Å². The van der Waals surface area contributed by atoms with E-state index in [0.717, 1.165) is 0 Å². The summed E-state index contributed by atoms with van der Waals surface area (Å²) in [5.41, 5.74) is 0.496. The van der Waals surface area contributed by atoms with Gasteiger partial charge in [0, 0.05) is 44.3 Å². The van der Waals surface area contributed by atoms with Gasteiger partial charge >= 0.3 is 0 Å². The van der Waals surface area contributed by atoms with Crippen LogP contribution in [0, 0.1) is 0 Å². The monoisotopic (exact) mass is 210 g/mol. The first-order chi connectivity index (χ1) is 6.59. The topological polar surface area (TPSA) is 33.2 Å². The molecule has 1 aromatic rings. The predicted octanol–water partition coefficient (Wildman–Crippen LogP) is 1.99. The normalized spacial score (nSPS) is 10.5. The van der Waals surface area contributed by atoms with Crippen molar-refractivity contribution < 1.29 is 4.79 Å². The van der Waals surface area contributed by atoms with Gasteiger partial charge in [-0.25, -0.2) is 0 Å². The molecule has 0 aliphatic rings. The second kappa shape index (κ2) is 4.77. The van der Waals surface area contributed by atoms with E-state index in [1.807, 2.05) is 14.1 Å². The molecule has 0 aliphatic carbocycles. The smallest absolute Gasteiger partial charge is 0.188 e. The number of aromatic nitrogens is 1. The standard InChI is InChI=1S/C10H11ClN2O/c1-13(2)4-3-10(14)8-5-9(11)7-12-6-8/h3-7H,1-2H3/b4-3+. The van der Waals surface area contributed by atoms with Gasteiger partial charge in [-0.05, 0) is 6.07 Å². The van der Waals surface area contributed by atoms with E-state index in [-0.39, 0.29) is 5.78 Å². The molecule has 1 rings (SSSR count). The number of rotatable bonds is 3. The van der Waals surface area contributed by atoms with E-state index in [0.29, 0.717) is 10.6 Å². The van der Waals surface area contributed by atoms with Crippen LogP contribution < -0.4 is 0 Å². The summed E-state index contributed by atoms with van der Waals surface area (Å²) >= 11 is 5.70. The molecule has 1 heterocycles. The van der Waals surface area contributed by atoms with Crippen LogP contribution in [0.5, 0.6) is 0 Å². The van der Waals surface area contributed by atoms with E-state index in [9.17, 15) is 4.79 Å². The van der Waals surface area contributed by atoms with Gasteiger partial charge in [0.15, 0.2) is 5.78 Å². The highest BCUT2D eigenvalue weighted by atomic mass is 35.5. The molecule has 74 valence electrons. The van der Waals surface area contributed by atoms with Crippen molar-refractivity contribution in [3.63, 3.8) is 0 Å². The predicted molar refractivity (Wildman–Crippen MR) is 56.4 cm³/mol. The highest BCUT2D eigenvalue weighted by Crippen LogP contribution is 2.09. The molecule has 0 radical (unpaired) electrons. The molecule has 0 aliphatic heterocycles. The van der Waals surface area contributed by atoms with Crippen molar-refractivity contribution in [3.8, 4) is 0 Å². The van der Waals surface area contributed by atoms with Crippen LogP contribution in [0.3, 0.4) is 0 Å². The van der Waals surface area contributed by atoms with Crippen molar-refractivity contribution in [2.45, 2.75) is 0 Å². The number of carbonyl (C=O) groups is 1. The summed E-state index contributed by atoms with van der Waals surface area (Å²) < 4.78 is 0. The lowest BCUT2D eigenvalue weighted by atomic mass is 10.2. The van der Waals surface area contributed by atoms with Crippen LogP contribution in [-0.2, 0) is 0 Å². The Morgan fingerprint density at radius 1 is 1.50 bits per heavy atom. The molecule has 0 amide bonds. The molecule has 0 atom stereocenters. The van der Waals surface area contributed by atoms with Crippen molar-refractivity contribution >= 4 is 17.4 Å². The number of carbonyl (C=O) groups excluding carboxylic acids is 1. The van der Waals surface area contributed by atoms with Gasteiger partial charge in [-0.3, -0.25) is 9.78 Å². The van der Waals surface area contributed by atoms with Crippen LogP contribution in [0.4, 0.5) is 0 Å². The Bertz CT molecular complexity index is 361. The Hall–Kier alpha value is -1.35. The summed E-state index contributed by atoms with van der Waals surface area (Å²) in [6, 6.07) is 1.59. The second-order valence-electron chi connectivity index (χ2n) is 3.04. The molecule has 0 aromatic carbocycles. The van der Waals surface area contributed by atoms with Gasteiger partial charge in [0.2, 0.25) is 0 Å². The Labute approximate surface area is 88.0 Å². The summed E-state index contributed by atoms with van der Waals surface area (Å²) in [6.45, 7) is 0. The Kier molecular flexibility index (Phi) is 3.65. The van der Waals surface area contributed by atoms with E-state index >= 15 is 0 Å². The third-order valence-corrected chi connectivity index (χ3v) is 1.72. The molecular weight excluding hydrogens is 200 g/mol. The minimum atomic E-state index is -0.103. The van der Waals surface area contributed by atoms with E-state index in [2.05, 4.69) is 4.98 Å². The molecule has 0 unspecified atom stereocenters. The number of pyridine rings is 1. The van der Waals surface area contributed by atoms with Crippen LogP contribution in [-0.4, -0.2) is 29.8 Å². The number of nitrogens with zero attached hydrogens (tertiary/aromatic N) is 2. The largest absolute Gasteiger partial charge is 0.383 e. The van der Waals surface area contributed by atoms with Crippen molar-refractivity contribution in [2.24, 2.45) is 0 Å². The molecule has 0 saturated heterocycles. The number of ketones is 1. The SMILES string of the molecule is CN(C)/C=C/C(=O)c1cncc(Cl)c1. The molecular formula is C10H11ClN2O. The lowest BCUT2D eigenvalue weighted by Gasteiger charge is -2.02. The number of hydrogen-bond donors (Lipinski definition) is 0. The van der Waals surface area contributed by atoms with Gasteiger partial charge in [-0.1, -0.05) is 11.6 Å². The summed E-state index contributed by atoms with van der Waals surface area (Å²) in [6.07, 6.45) is 6.15. The molecule has 1 aromatic heterocycles. The first kappa shape index (κ1) is 10.7. The maximum atomic E-state index is 11.5. The highest BCUT2D eigenvalue weighted by Gasteiger charge is 2.02. The van der Waals surface area contributed by atoms with Gasteiger partial charge in [0.25, 0.3) is 0 Å². The maximum absolute atomic E-state index is 11.5. The average molecular weight is 211 g/mol. The summed E-state index contributed by atoms with van der Waals surface area (Å²) in [7, 11) is 3.69. The minimum absolute atomic E-state index is 0.103. The van der Waals surface area contributed by atoms with Crippen molar-refractivity contribution in [2.75, 3.05) is 14.1 Å². The molecule has 0 saturated carbocycles. The first-order valence-corrected chi connectivity index (χ1v) is 4.47. The van der Waals surface area contributed by atoms with Gasteiger partial charge in [-0.2, -0.15) is 0 Å². The average Bonchev–Trinajstić information content (AvgIpc) is 2.14. The van der Waals surface area contributed by atoms with Crippen molar-refractivity contribution in [3.05, 3.63) is 41.3 Å². The summed E-state index contributed by atoms with van der Waals surface area (Å²) in [5.74, 6) is -0.103. The van der Waals surface area contributed by atoms with Crippen LogP contribution in [0.15, 0.2) is 30.7 Å². The second-order valence-corrected chi connectivity index (χ2v) is 3.47. The fourth-order valence-electron chi connectivity index (χ4n) is 0.860. The zero-order valence-electron chi connectivity index (χ0n) is 8.07. The fraction of sp³-hybridized carbons (Fsp3) is 0.200. The number of hydrogen-bond acceptors (Lipinski definition) is 3. The zero-order chi connectivity index (χ0) is 10.6. The van der Waals surface area contributed by atoms with Crippen LogP contribution >= 0.6 is 11.6 Å². The molecule has 0 bridgehead atoms. The number of allylic oxidation sites excluding steroid dienone is 1. The first-order valence-electron chi connectivity index (χ1n) is 4.09. The fourth-order valence-corrected chi connectivity index (χ4v) is 1.03. The highest BCUT2D eigenvalue weighted by molar-refractivity contribution is 6.30. The van der Waals surface area contributed by atoms with E-state index in [1.165, 1.54) is 18.5 Å². The molecule has 3 nitrogen and oxygen atoms in total.